The van der Waals surface area contributed by atoms with Crippen LogP contribution in [0.3, 0.4) is 0 Å². The maximum atomic E-state index is 12.8. The summed E-state index contributed by atoms with van der Waals surface area (Å²) in [5.74, 6) is -2.97. The van der Waals surface area contributed by atoms with Crippen LogP contribution in [0.25, 0.3) is 11.2 Å². The van der Waals surface area contributed by atoms with Gasteiger partial charge in [-0.15, -0.1) is 0 Å². The van der Waals surface area contributed by atoms with Gasteiger partial charge in [-0.2, -0.15) is 0 Å². The molecule has 0 unspecified atom stereocenters. The highest BCUT2D eigenvalue weighted by molar-refractivity contribution is 5.85. The third-order valence-electron chi connectivity index (χ3n) is 4.33. The Morgan fingerprint density at radius 3 is 2.84 bits per heavy atom. The van der Waals surface area contributed by atoms with Crippen LogP contribution in [-0.2, 0) is 6.42 Å². The molecule has 9 heteroatoms. The Morgan fingerprint density at radius 2 is 2.16 bits per heavy atom. The van der Waals surface area contributed by atoms with Gasteiger partial charge in [-0.05, 0) is 22.8 Å². The lowest BCUT2D eigenvalue weighted by Gasteiger charge is -2.09. The van der Waals surface area contributed by atoms with Crippen LogP contribution in [0.15, 0.2) is 23.0 Å². The number of rotatable bonds is 5. The average Bonchev–Trinajstić information content (AvgIpc) is 2.96. The molecule has 3 aromatic heterocycles. The van der Waals surface area contributed by atoms with Crippen molar-refractivity contribution in [3.8, 4) is 5.88 Å². The van der Waals surface area contributed by atoms with Crippen molar-refractivity contribution >= 4 is 16.9 Å². The highest BCUT2D eigenvalue weighted by atomic mass is 19.3. The molecule has 0 aromatic carbocycles. The van der Waals surface area contributed by atoms with Gasteiger partial charge in [0.2, 0.25) is 11.5 Å². The first-order chi connectivity index (χ1) is 11.9. The number of ether oxygens (including phenoxy) is 1. The van der Waals surface area contributed by atoms with Gasteiger partial charge in [0.15, 0.2) is 5.52 Å². The van der Waals surface area contributed by atoms with Gasteiger partial charge >= 0.3 is 0 Å². The monoisotopic (exact) mass is 347 g/mol. The van der Waals surface area contributed by atoms with Crippen LogP contribution < -0.4 is 10.5 Å². The van der Waals surface area contributed by atoms with Crippen molar-refractivity contribution in [3.05, 3.63) is 35.2 Å². The third kappa shape index (κ3) is 2.97. The molecular weight excluding hydrogens is 332 g/mol. The van der Waals surface area contributed by atoms with Crippen molar-refractivity contribution in [2.24, 2.45) is 5.92 Å². The van der Waals surface area contributed by atoms with Crippen molar-refractivity contribution in [1.82, 2.24) is 20.3 Å². The summed E-state index contributed by atoms with van der Waals surface area (Å²) in [5, 5.41) is 7.45. The summed E-state index contributed by atoms with van der Waals surface area (Å²) in [4.78, 5) is 8.48. The zero-order valence-electron chi connectivity index (χ0n) is 13.4. The molecule has 1 aliphatic carbocycles. The van der Waals surface area contributed by atoms with E-state index in [-0.39, 0.29) is 13.0 Å². The number of pyridine rings is 2. The second-order valence-corrected chi connectivity index (χ2v) is 6.18. The van der Waals surface area contributed by atoms with Crippen LogP contribution >= 0.6 is 0 Å². The Kier molecular flexibility index (Phi) is 3.52. The van der Waals surface area contributed by atoms with E-state index in [1.54, 1.807) is 12.3 Å². The first-order valence-corrected chi connectivity index (χ1v) is 7.77. The maximum absolute atomic E-state index is 12.8. The van der Waals surface area contributed by atoms with Crippen LogP contribution in [0.2, 0.25) is 0 Å². The highest BCUT2D eigenvalue weighted by Gasteiger charge is 2.57. The quantitative estimate of drug-likeness (QED) is 0.757. The smallest absolute Gasteiger partial charge is 0.255 e. The molecule has 0 aliphatic heterocycles. The lowest BCUT2D eigenvalue weighted by Crippen LogP contribution is -2.07. The molecule has 0 bridgehead atoms. The van der Waals surface area contributed by atoms with E-state index in [1.165, 1.54) is 0 Å². The van der Waals surface area contributed by atoms with E-state index in [1.807, 2.05) is 13.0 Å². The minimum Gasteiger partial charge on any atom is -0.477 e. The second kappa shape index (κ2) is 5.61. The SMILES string of the molecule is Cc1nc2nonc2c(N)c1Cc1ccc(OC[C@@H]2CC2(F)F)nc1. The lowest BCUT2D eigenvalue weighted by molar-refractivity contribution is 0.0849. The Labute approximate surface area is 141 Å². The van der Waals surface area contributed by atoms with E-state index in [0.29, 0.717) is 29.2 Å². The molecule has 3 heterocycles. The Hall–Kier alpha value is -2.84. The minimum atomic E-state index is -2.59. The molecule has 1 atom stereocenters. The molecule has 4 rings (SSSR count). The number of nitrogen functional groups attached to an aromatic ring is 1. The number of anilines is 1. The molecule has 0 saturated heterocycles. The molecule has 0 radical (unpaired) electrons. The van der Waals surface area contributed by atoms with Gasteiger partial charge in [0, 0.05) is 36.4 Å². The standard InChI is InChI=1S/C16H15F2N5O2/c1-8-11(13(19)14-15(21-8)23-25-22-14)4-9-2-3-12(20-6-9)24-7-10-5-16(10,17)18/h2-3,6,10H,4-5,7,19H2,1H3/t10-/m0/s1. The molecule has 25 heavy (non-hydrogen) atoms. The number of aromatic nitrogens is 4. The largest absolute Gasteiger partial charge is 0.477 e. The lowest BCUT2D eigenvalue weighted by atomic mass is 10.0. The zero-order valence-corrected chi connectivity index (χ0v) is 13.4. The van der Waals surface area contributed by atoms with Crippen LogP contribution in [-0.4, -0.2) is 32.8 Å². The normalized spacial score (nSPS) is 18.4. The summed E-state index contributed by atoms with van der Waals surface area (Å²) in [6.07, 6.45) is 2.02. The summed E-state index contributed by atoms with van der Waals surface area (Å²) in [5.41, 5.74) is 9.85. The van der Waals surface area contributed by atoms with Crippen LogP contribution in [0.5, 0.6) is 5.88 Å². The molecule has 1 saturated carbocycles. The fourth-order valence-corrected chi connectivity index (χ4v) is 2.66. The van der Waals surface area contributed by atoms with Crippen LogP contribution in [0, 0.1) is 12.8 Å². The van der Waals surface area contributed by atoms with Crippen molar-refractivity contribution in [2.75, 3.05) is 12.3 Å². The topological polar surface area (TPSA) is 100.0 Å². The Morgan fingerprint density at radius 1 is 1.36 bits per heavy atom. The van der Waals surface area contributed by atoms with E-state index < -0.39 is 11.8 Å². The fourth-order valence-electron chi connectivity index (χ4n) is 2.66. The van der Waals surface area contributed by atoms with Crippen molar-refractivity contribution in [1.29, 1.82) is 0 Å². The average molecular weight is 347 g/mol. The first kappa shape index (κ1) is 15.7. The van der Waals surface area contributed by atoms with Crippen LogP contribution in [0.1, 0.15) is 23.2 Å². The number of hydrogen-bond donors (Lipinski definition) is 1. The molecule has 1 fully saturated rings. The number of nitrogens with zero attached hydrogens (tertiary/aromatic N) is 4. The van der Waals surface area contributed by atoms with E-state index in [2.05, 4.69) is 24.9 Å². The fraction of sp³-hybridized carbons (Fsp3) is 0.375. The minimum absolute atomic E-state index is 0.0227. The van der Waals surface area contributed by atoms with Gasteiger partial charge in [-0.3, -0.25) is 0 Å². The number of fused-ring (bicyclic) bond motifs is 1. The highest BCUT2D eigenvalue weighted by Crippen LogP contribution is 2.48. The third-order valence-corrected chi connectivity index (χ3v) is 4.33. The van der Waals surface area contributed by atoms with Crippen LogP contribution in [0.4, 0.5) is 14.5 Å². The Balaban J connectivity index is 1.48. The maximum Gasteiger partial charge on any atom is 0.255 e. The number of alkyl halides is 2. The predicted octanol–water partition coefficient (Wildman–Crippen LogP) is 2.53. The second-order valence-electron chi connectivity index (χ2n) is 6.18. The molecule has 7 nitrogen and oxygen atoms in total. The zero-order chi connectivity index (χ0) is 17.6. The van der Waals surface area contributed by atoms with Gasteiger partial charge in [0.1, 0.15) is 0 Å². The number of hydrogen-bond acceptors (Lipinski definition) is 7. The van der Waals surface area contributed by atoms with E-state index in [9.17, 15) is 8.78 Å². The summed E-state index contributed by atoms with van der Waals surface area (Å²) in [6.45, 7) is 1.81. The van der Waals surface area contributed by atoms with Gasteiger partial charge < -0.3 is 10.5 Å². The van der Waals surface area contributed by atoms with Crippen molar-refractivity contribution in [2.45, 2.75) is 25.7 Å². The van der Waals surface area contributed by atoms with Crippen molar-refractivity contribution in [3.63, 3.8) is 0 Å². The van der Waals surface area contributed by atoms with E-state index in [4.69, 9.17) is 10.5 Å². The van der Waals surface area contributed by atoms with Crippen molar-refractivity contribution < 1.29 is 18.1 Å². The molecule has 2 N–H and O–H groups in total. The summed E-state index contributed by atoms with van der Waals surface area (Å²) < 4.78 is 35.6. The van der Waals surface area contributed by atoms with Gasteiger partial charge in [0.25, 0.3) is 5.92 Å². The number of nitrogens with two attached hydrogens (primary N) is 1. The Bertz CT molecular complexity index is 926. The summed E-state index contributed by atoms with van der Waals surface area (Å²) >= 11 is 0. The summed E-state index contributed by atoms with van der Waals surface area (Å²) in [7, 11) is 0. The van der Waals surface area contributed by atoms with E-state index in [0.717, 1.165) is 16.8 Å². The molecular formula is C16H15F2N5O2. The van der Waals surface area contributed by atoms with Gasteiger partial charge in [-0.25, -0.2) is 23.4 Å². The van der Waals surface area contributed by atoms with E-state index >= 15 is 0 Å². The number of halogens is 2. The predicted molar refractivity (Wildman–Crippen MR) is 84.3 cm³/mol. The molecule has 3 aromatic rings. The van der Waals surface area contributed by atoms with Gasteiger partial charge in [-0.1, -0.05) is 6.07 Å². The van der Waals surface area contributed by atoms with Gasteiger partial charge in [0.05, 0.1) is 18.2 Å². The molecule has 1 aliphatic rings. The summed E-state index contributed by atoms with van der Waals surface area (Å²) in [6, 6.07) is 3.47. The molecule has 130 valence electrons. The molecule has 0 amide bonds. The molecule has 0 spiro atoms. The number of aryl methyl sites for hydroxylation is 1. The first-order valence-electron chi connectivity index (χ1n) is 7.77.